The van der Waals surface area contributed by atoms with Gasteiger partial charge in [-0.1, -0.05) is 0 Å². The molecule has 2 aromatic rings. The molecule has 3 rings (SSSR count). The fourth-order valence-corrected chi connectivity index (χ4v) is 3.33. The second kappa shape index (κ2) is 10.0. The molecule has 0 atom stereocenters. The van der Waals surface area contributed by atoms with Gasteiger partial charge in [-0.2, -0.15) is 0 Å². The van der Waals surface area contributed by atoms with E-state index in [1.807, 2.05) is 6.92 Å². The van der Waals surface area contributed by atoms with E-state index in [-0.39, 0.29) is 24.2 Å². The summed E-state index contributed by atoms with van der Waals surface area (Å²) in [6, 6.07) is 12.1. The number of ether oxygens (including phenoxy) is 2. The summed E-state index contributed by atoms with van der Waals surface area (Å²) in [7, 11) is 0. The molecule has 2 aromatic carbocycles. The zero-order valence-corrected chi connectivity index (χ0v) is 16.8. The van der Waals surface area contributed by atoms with Crippen molar-refractivity contribution in [1.29, 1.82) is 0 Å². The van der Waals surface area contributed by atoms with Gasteiger partial charge in [-0.3, -0.25) is 14.4 Å². The van der Waals surface area contributed by atoms with E-state index < -0.39 is 11.8 Å². The van der Waals surface area contributed by atoms with Gasteiger partial charge < -0.3 is 14.4 Å². The number of carbonyl (C=O) groups is 3. The van der Waals surface area contributed by atoms with Crippen LogP contribution in [-0.2, 0) is 9.53 Å². The topological polar surface area (TPSA) is 72.9 Å². The highest BCUT2D eigenvalue weighted by Crippen LogP contribution is 2.21. The van der Waals surface area contributed by atoms with E-state index in [0.29, 0.717) is 49.4 Å². The highest BCUT2D eigenvalue weighted by molar-refractivity contribution is 5.98. The Morgan fingerprint density at radius 3 is 2.17 bits per heavy atom. The maximum Gasteiger partial charge on any atom is 0.309 e. The van der Waals surface area contributed by atoms with E-state index in [1.54, 1.807) is 29.2 Å². The fraction of sp³-hybridized carbons (Fsp3) is 0.348. The van der Waals surface area contributed by atoms with Gasteiger partial charge >= 0.3 is 5.97 Å². The molecule has 0 aromatic heterocycles. The van der Waals surface area contributed by atoms with Crippen LogP contribution in [0.5, 0.6) is 5.75 Å². The quantitative estimate of drug-likeness (QED) is 0.513. The maximum absolute atomic E-state index is 13.0. The van der Waals surface area contributed by atoms with Crippen LogP contribution < -0.4 is 4.74 Å². The molecule has 1 saturated heterocycles. The average Bonchev–Trinajstić information content (AvgIpc) is 2.78. The standard InChI is InChI=1S/C23H24FNO5/c1-2-29-20-9-5-16(6-10-20)21(26)15-30-23(28)18-11-13-25(14-12-18)22(27)17-3-7-19(24)8-4-17/h3-10,18H,2,11-15H2,1H3. The predicted octanol–water partition coefficient (Wildman–Crippen LogP) is 3.50. The van der Waals surface area contributed by atoms with Crippen molar-refractivity contribution in [3.63, 3.8) is 0 Å². The number of halogens is 1. The largest absolute Gasteiger partial charge is 0.494 e. The molecule has 30 heavy (non-hydrogen) atoms. The van der Waals surface area contributed by atoms with Gasteiger partial charge in [-0.25, -0.2) is 4.39 Å². The van der Waals surface area contributed by atoms with Gasteiger partial charge in [-0.05, 0) is 68.3 Å². The van der Waals surface area contributed by atoms with Gasteiger partial charge in [0.2, 0.25) is 0 Å². The van der Waals surface area contributed by atoms with Crippen molar-refractivity contribution in [3.05, 3.63) is 65.5 Å². The van der Waals surface area contributed by atoms with E-state index >= 15 is 0 Å². The van der Waals surface area contributed by atoms with Crippen molar-refractivity contribution < 1.29 is 28.2 Å². The number of benzene rings is 2. The lowest BCUT2D eigenvalue weighted by atomic mass is 9.96. The van der Waals surface area contributed by atoms with Crippen LogP contribution in [0.25, 0.3) is 0 Å². The number of amides is 1. The number of ketones is 1. The van der Waals surface area contributed by atoms with Crippen molar-refractivity contribution in [3.8, 4) is 5.75 Å². The highest BCUT2D eigenvalue weighted by atomic mass is 19.1. The lowest BCUT2D eigenvalue weighted by Gasteiger charge is -2.31. The van der Waals surface area contributed by atoms with Crippen LogP contribution in [0.1, 0.15) is 40.5 Å². The Labute approximate surface area is 174 Å². The predicted molar refractivity (Wildman–Crippen MR) is 108 cm³/mol. The first-order chi connectivity index (χ1) is 14.5. The molecule has 158 valence electrons. The zero-order valence-electron chi connectivity index (χ0n) is 16.8. The van der Waals surface area contributed by atoms with Crippen LogP contribution in [0.2, 0.25) is 0 Å². The molecular weight excluding hydrogens is 389 g/mol. The fourth-order valence-electron chi connectivity index (χ4n) is 3.33. The summed E-state index contributed by atoms with van der Waals surface area (Å²) in [5, 5.41) is 0. The number of hydrogen-bond acceptors (Lipinski definition) is 5. The van der Waals surface area contributed by atoms with Crippen molar-refractivity contribution in [2.75, 3.05) is 26.3 Å². The second-order valence-corrected chi connectivity index (χ2v) is 7.06. The molecule has 0 saturated carbocycles. The van der Waals surface area contributed by atoms with E-state index in [1.165, 1.54) is 24.3 Å². The zero-order chi connectivity index (χ0) is 21.5. The molecule has 1 fully saturated rings. The van der Waals surface area contributed by atoms with Crippen molar-refractivity contribution in [1.82, 2.24) is 4.90 Å². The molecule has 0 spiro atoms. The van der Waals surface area contributed by atoms with Crippen molar-refractivity contribution >= 4 is 17.7 Å². The van der Waals surface area contributed by atoms with Gasteiger partial charge in [0.05, 0.1) is 12.5 Å². The molecule has 1 amide bonds. The van der Waals surface area contributed by atoms with Crippen molar-refractivity contribution in [2.45, 2.75) is 19.8 Å². The summed E-state index contributed by atoms with van der Waals surface area (Å²) in [5.41, 5.74) is 0.865. The third kappa shape index (κ3) is 5.43. The summed E-state index contributed by atoms with van der Waals surface area (Å²) in [6.07, 6.45) is 0.923. The minimum atomic E-state index is -0.428. The first kappa shape index (κ1) is 21.5. The van der Waals surface area contributed by atoms with E-state index in [9.17, 15) is 18.8 Å². The van der Waals surface area contributed by atoms with Crippen LogP contribution in [0.3, 0.4) is 0 Å². The second-order valence-electron chi connectivity index (χ2n) is 7.06. The minimum Gasteiger partial charge on any atom is -0.494 e. The number of rotatable bonds is 7. The molecule has 0 unspecified atom stereocenters. The van der Waals surface area contributed by atoms with Crippen LogP contribution in [0.4, 0.5) is 4.39 Å². The SMILES string of the molecule is CCOc1ccc(C(=O)COC(=O)C2CCN(C(=O)c3ccc(F)cc3)CC2)cc1. The van der Waals surface area contributed by atoms with Gasteiger partial charge in [0.25, 0.3) is 5.91 Å². The number of piperidine rings is 1. The number of hydrogen-bond donors (Lipinski definition) is 0. The van der Waals surface area contributed by atoms with E-state index in [2.05, 4.69) is 0 Å². The first-order valence-corrected chi connectivity index (χ1v) is 9.95. The van der Waals surface area contributed by atoms with Crippen LogP contribution in [0, 0.1) is 11.7 Å². The minimum absolute atomic E-state index is 0.188. The molecule has 1 heterocycles. The molecule has 0 aliphatic carbocycles. The highest BCUT2D eigenvalue weighted by Gasteiger charge is 2.29. The molecule has 0 bridgehead atoms. The van der Waals surface area contributed by atoms with Gasteiger partial charge in [0.15, 0.2) is 12.4 Å². The Morgan fingerprint density at radius 1 is 0.967 bits per heavy atom. The monoisotopic (exact) mass is 413 g/mol. The number of nitrogens with zero attached hydrogens (tertiary/aromatic N) is 1. The van der Waals surface area contributed by atoms with Crippen LogP contribution >= 0.6 is 0 Å². The molecule has 0 N–H and O–H groups in total. The molecule has 1 aliphatic heterocycles. The lowest BCUT2D eigenvalue weighted by molar-refractivity contribution is -0.148. The van der Waals surface area contributed by atoms with E-state index in [0.717, 1.165) is 0 Å². The number of carbonyl (C=O) groups excluding carboxylic acids is 3. The Morgan fingerprint density at radius 2 is 1.57 bits per heavy atom. The Hall–Kier alpha value is -3.22. The molecule has 0 radical (unpaired) electrons. The summed E-state index contributed by atoms with van der Waals surface area (Å²) in [4.78, 5) is 38.6. The lowest BCUT2D eigenvalue weighted by Crippen LogP contribution is -2.40. The third-order valence-corrected chi connectivity index (χ3v) is 5.04. The van der Waals surface area contributed by atoms with E-state index in [4.69, 9.17) is 9.47 Å². The van der Waals surface area contributed by atoms with Gasteiger partial charge in [-0.15, -0.1) is 0 Å². The summed E-state index contributed by atoms with van der Waals surface area (Å²) >= 11 is 0. The molecule has 1 aliphatic rings. The average molecular weight is 413 g/mol. The Kier molecular flexibility index (Phi) is 7.17. The third-order valence-electron chi connectivity index (χ3n) is 5.04. The normalized spacial score (nSPS) is 14.3. The van der Waals surface area contributed by atoms with Crippen LogP contribution in [0.15, 0.2) is 48.5 Å². The van der Waals surface area contributed by atoms with Gasteiger partial charge in [0, 0.05) is 24.2 Å². The number of esters is 1. The summed E-state index contributed by atoms with van der Waals surface area (Å²) in [6.45, 7) is 2.91. The summed E-state index contributed by atoms with van der Waals surface area (Å²) < 4.78 is 23.6. The molecular formula is C23H24FNO5. The number of Topliss-reactive ketones (excluding diaryl/α,β-unsaturated/α-hetero) is 1. The first-order valence-electron chi connectivity index (χ1n) is 9.95. The maximum atomic E-state index is 13.0. The Bertz CT molecular complexity index is 887. The molecule has 6 nitrogen and oxygen atoms in total. The Balaban J connectivity index is 1.45. The van der Waals surface area contributed by atoms with Gasteiger partial charge in [0.1, 0.15) is 11.6 Å². The van der Waals surface area contributed by atoms with Crippen molar-refractivity contribution in [2.24, 2.45) is 5.92 Å². The number of likely N-dealkylation sites (tertiary alicyclic amines) is 1. The smallest absolute Gasteiger partial charge is 0.309 e. The van der Waals surface area contributed by atoms with Crippen LogP contribution in [-0.4, -0.2) is 48.9 Å². The molecule has 7 heteroatoms. The summed E-state index contributed by atoms with van der Waals surface area (Å²) in [5.74, 6) is -0.970.